The first-order chi connectivity index (χ1) is 27.8. The number of likely N-dealkylation sites (N-methyl/N-ethyl adjacent to an activating group) is 1. The molecule has 298 valence electrons. The molecule has 5 aromatic rings. The summed E-state index contributed by atoms with van der Waals surface area (Å²) >= 11 is 0. The largest absolute Gasteiger partial charge is 0.338 e. The van der Waals surface area contributed by atoms with E-state index in [0.29, 0.717) is 6.54 Å². The summed E-state index contributed by atoms with van der Waals surface area (Å²) in [7, 11) is 2.10. The Morgan fingerprint density at radius 1 is 0.807 bits per heavy atom. The number of allylic oxidation sites excluding steroid dienone is 9. The standard InChI is InChI=1S/C36H41N3.C13H13N.2C2H6/c1-7-9-19-28(4)39-29(5)36(32-23-14-15-24-34(32)39)35-27(3)18-16-17-25-37-38(6)26-33(35)31(22-10-8-2)30-20-12-11-13-21-30;14-13(11-7-3-1-4-8-11)12-9-5-2-6-10-12;2*1-2/h7-15,17,19-25,28,37H,1,3,16,18,26H2,2,4-6H3;1-10,13H,14H2;2*1-2H3/b10-8-,19-9-,25-17-,31-22+,35-33-;;;. The number of hydrazine groups is 1. The van der Waals surface area contributed by atoms with Crippen LogP contribution in [0.25, 0.3) is 22.0 Å². The Morgan fingerprint density at radius 3 is 1.95 bits per heavy atom. The van der Waals surface area contributed by atoms with Crippen LogP contribution in [0.3, 0.4) is 0 Å². The van der Waals surface area contributed by atoms with E-state index in [0.717, 1.165) is 29.5 Å². The highest BCUT2D eigenvalue weighted by atomic mass is 15.5. The van der Waals surface area contributed by atoms with Gasteiger partial charge in [-0.25, -0.2) is 5.01 Å². The molecule has 6 rings (SSSR count). The van der Waals surface area contributed by atoms with Gasteiger partial charge in [-0.3, -0.25) is 0 Å². The number of rotatable bonds is 9. The summed E-state index contributed by atoms with van der Waals surface area (Å²) in [6.07, 6.45) is 18.6. The molecule has 1 aliphatic heterocycles. The minimum Gasteiger partial charge on any atom is -0.338 e. The lowest BCUT2D eigenvalue weighted by Gasteiger charge is -2.27. The maximum absolute atomic E-state index is 6.12. The third-order valence-electron chi connectivity index (χ3n) is 9.60. The Balaban J connectivity index is 0.000000401. The van der Waals surface area contributed by atoms with Gasteiger partial charge in [0.2, 0.25) is 0 Å². The lowest BCUT2D eigenvalue weighted by atomic mass is 9.84. The molecule has 0 saturated carbocycles. The van der Waals surface area contributed by atoms with Crippen molar-refractivity contribution >= 4 is 22.0 Å². The van der Waals surface area contributed by atoms with Crippen LogP contribution in [0.1, 0.15) is 94.4 Å². The normalized spacial score (nSPS) is 16.1. The van der Waals surface area contributed by atoms with Crippen molar-refractivity contribution in [2.24, 2.45) is 5.73 Å². The highest BCUT2D eigenvalue weighted by Crippen LogP contribution is 2.43. The maximum atomic E-state index is 6.12. The van der Waals surface area contributed by atoms with Crippen molar-refractivity contribution in [1.29, 1.82) is 0 Å². The fourth-order valence-corrected chi connectivity index (χ4v) is 7.02. The number of benzene rings is 4. The van der Waals surface area contributed by atoms with Gasteiger partial charge in [0.05, 0.1) is 6.04 Å². The Hall–Kier alpha value is -5.68. The summed E-state index contributed by atoms with van der Waals surface area (Å²) in [6.45, 7) is 23.9. The molecule has 4 aromatic carbocycles. The highest BCUT2D eigenvalue weighted by Gasteiger charge is 2.26. The van der Waals surface area contributed by atoms with Crippen molar-refractivity contribution < 1.29 is 0 Å². The molecule has 0 fully saturated rings. The van der Waals surface area contributed by atoms with E-state index < -0.39 is 0 Å². The van der Waals surface area contributed by atoms with Crippen LogP contribution < -0.4 is 11.2 Å². The molecule has 3 N–H and O–H groups in total. The predicted octanol–water partition coefficient (Wildman–Crippen LogP) is 13.8. The van der Waals surface area contributed by atoms with E-state index in [1.807, 2.05) is 82.4 Å². The molecule has 1 unspecified atom stereocenters. The number of nitrogens with zero attached hydrogens (tertiary/aromatic N) is 2. The number of aromatic nitrogens is 1. The van der Waals surface area contributed by atoms with Crippen LogP contribution in [0.15, 0.2) is 188 Å². The SMILES string of the molecule is C=C/C=C\C(C)n1c(C)c(\C2=C(/C(=C/C=C\C)c3ccccc3)CN(C)N/C=C\CCC2=C)c2ccccc21.CC.CC.NC(c1ccccc1)c1ccccc1. The first-order valence-electron chi connectivity index (χ1n) is 20.5. The van der Waals surface area contributed by atoms with Crippen LogP contribution in [0.5, 0.6) is 0 Å². The van der Waals surface area contributed by atoms with E-state index in [4.69, 9.17) is 12.3 Å². The molecule has 2 heterocycles. The van der Waals surface area contributed by atoms with Crippen LogP contribution in [-0.2, 0) is 0 Å². The van der Waals surface area contributed by atoms with E-state index in [1.165, 1.54) is 44.4 Å². The second-order valence-corrected chi connectivity index (χ2v) is 13.4. The fourth-order valence-electron chi connectivity index (χ4n) is 7.02. The molecule has 0 aliphatic carbocycles. The average Bonchev–Trinajstić information content (AvgIpc) is 3.56. The van der Waals surface area contributed by atoms with Crippen molar-refractivity contribution in [2.45, 2.75) is 73.4 Å². The zero-order chi connectivity index (χ0) is 41.6. The van der Waals surface area contributed by atoms with Crippen molar-refractivity contribution in [2.75, 3.05) is 13.6 Å². The van der Waals surface area contributed by atoms with Crippen LogP contribution in [0.4, 0.5) is 0 Å². The van der Waals surface area contributed by atoms with Gasteiger partial charge in [0.1, 0.15) is 0 Å². The Bertz CT molecular complexity index is 2070. The summed E-state index contributed by atoms with van der Waals surface area (Å²) < 4.78 is 2.45. The molecule has 4 nitrogen and oxygen atoms in total. The molecule has 4 heteroatoms. The van der Waals surface area contributed by atoms with Gasteiger partial charge in [-0.05, 0) is 78.7 Å². The number of nitrogens with one attached hydrogen (secondary N) is 1. The molecule has 57 heavy (non-hydrogen) atoms. The van der Waals surface area contributed by atoms with E-state index in [-0.39, 0.29) is 12.1 Å². The molecule has 0 amide bonds. The molecule has 1 atom stereocenters. The third-order valence-corrected chi connectivity index (χ3v) is 9.60. The smallest absolute Gasteiger partial charge is 0.0551 e. The van der Waals surface area contributed by atoms with Gasteiger partial charge in [0.15, 0.2) is 0 Å². The van der Waals surface area contributed by atoms with Gasteiger partial charge in [-0.2, -0.15) is 0 Å². The van der Waals surface area contributed by atoms with Gasteiger partial charge in [0.25, 0.3) is 0 Å². The van der Waals surface area contributed by atoms with E-state index >= 15 is 0 Å². The Labute approximate surface area is 344 Å². The van der Waals surface area contributed by atoms with Crippen LogP contribution in [0, 0.1) is 6.92 Å². The quantitative estimate of drug-likeness (QED) is 0.147. The van der Waals surface area contributed by atoms with Crippen molar-refractivity contribution in [1.82, 2.24) is 15.0 Å². The Morgan fingerprint density at radius 2 is 1.37 bits per heavy atom. The maximum Gasteiger partial charge on any atom is 0.0551 e. The molecule has 0 spiro atoms. The van der Waals surface area contributed by atoms with Gasteiger partial charge < -0.3 is 15.7 Å². The molecule has 0 bridgehead atoms. The molecular weight excluding hydrogens is 693 g/mol. The number of fused-ring (bicyclic) bond motifs is 1. The molecule has 0 saturated heterocycles. The lowest BCUT2D eigenvalue weighted by molar-refractivity contribution is 0.303. The van der Waals surface area contributed by atoms with Gasteiger partial charge >= 0.3 is 0 Å². The van der Waals surface area contributed by atoms with Gasteiger partial charge in [-0.15, -0.1) is 0 Å². The summed E-state index contributed by atoms with van der Waals surface area (Å²) in [4.78, 5) is 0. The lowest BCUT2D eigenvalue weighted by Crippen LogP contribution is -2.32. The number of nitrogens with two attached hydrogens (primary N) is 1. The topological polar surface area (TPSA) is 46.2 Å². The van der Waals surface area contributed by atoms with E-state index in [9.17, 15) is 0 Å². The van der Waals surface area contributed by atoms with Gasteiger partial charge in [-0.1, -0.05) is 193 Å². The molecule has 1 aromatic heterocycles. The van der Waals surface area contributed by atoms with Crippen molar-refractivity contribution in [3.8, 4) is 0 Å². The minimum atomic E-state index is -0.0163. The summed E-state index contributed by atoms with van der Waals surface area (Å²) in [5.74, 6) is 0. The summed E-state index contributed by atoms with van der Waals surface area (Å²) in [6, 6.07) is 39.9. The van der Waals surface area contributed by atoms with Gasteiger partial charge in [0, 0.05) is 48.0 Å². The average molecular weight is 759 g/mol. The zero-order valence-electron chi connectivity index (χ0n) is 35.8. The number of hydrogen-bond donors (Lipinski definition) is 2. The second kappa shape index (κ2) is 24.8. The fraction of sp³-hybridized carbons (Fsp3) is 0.245. The van der Waals surface area contributed by atoms with Crippen molar-refractivity contribution in [3.63, 3.8) is 0 Å². The number of hydrogen-bond acceptors (Lipinski definition) is 3. The van der Waals surface area contributed by atoms with Crippen LogP contribution in [-0.4, -0.2) is 23.2 Å². The molecule has 1 aliphatic rings. The second-order valence-electron chi connectivity index (χ2n) is 13.4. The Kier molecular flexibility index (Phi) is 19.8. The third kappa shape index (κ3) is 12.4. The molecule has 0 radical (unpaired) electrons. The van der Waals surface area contributed by atoms with Crippen molar-refractivity contribution in [3.05, 3.63) is 216 Å². The first-order valence-corrected chi connectivity index (χ1v) is 20.5. The molecular formula is C53H66N4. The van der Waals surface area contributed by atoms with Crippen LogP contribution in [0.2, 0.25) is 0 Å². The summed E-state index contributed by atoms with van der Waals surface area (Å²) in [5.41, 5.74) is 21.7. The number of para-hydroxylation sites is 1. The monoisotopic (exact) mass is 759 g/mol. The summed E-state index contributed by atoms with van der Waals surface area (Å²) in [5, 5.41) is 3.41. The first kappa shape index (κ1) is 45.7. The zero-order valence-corrected chi connectivity index (χ0v) is 35.8. The van der Waals surface area contributed by atoms with Crippen LogP contribution >= 0.6 is 0 Å². The van der Waals surface area contributed by atoms with E-state index in [1.54, 1.807) is 0 Å². The predicted molar refractivity (Wildman–Crippen MR) is 252 cm³/mol. The minimum absolute atomic E-state index is 0.0163. The highest BCUT2D eigenvalue weighted by molar-refractivity contribution is 6.04. The van der Waals surface area contributed by atoms with E-state index in [2.05, 4.69) is 159 Å².